The highest BCUT2D eigenvalue weighted by Gasteiger charge is 2.33. The molecule has 0 atom stereocenters. The van der Waals surface area contributed by atoms with Gasteiger partial charge in [0.1, 0.15) is 6.54 Å². The number of nitro groups is 1. The van der Waals surface area contributed by atoms with Gasteiger partial charge in [-0.05, 0) is 19.9 Å². The summed E-state index contributed by atoms with van der Waals surface area (Å²) in [5.41, 5.74) is -0.0314. The Morgan fingerprint density at radius 2 is 2.00 bits per heavy atom. The molecule has 0 aliphatic heterocycles. The van der Waals surface area contributed by atoms with E-state index in [-0.39, 0.29) is 16.9 Å². The van der Waals surface area contributed by atoms with E-state index in [1.54, 1.807) is 13.8 Å². The van der Waals surface area contributed by atoms with Crippen molar-refractivity contribution in [1.29, 1.82) is 0 Å². The molecule has 0 aliphatic rings. The van der Waals surface area contributed by atoms with Crippen LogP contribution in [0.25, 0.3) is 0 Å². The molecule has 0 aliphatic carbocycles. The van der Waals surface area contributed by atoms with E-state index in [2.05, 4.69) is 0 Å². The Bertz CT molecular complexity index is 489. The topological polar surface area (TPSA) is 66.6 Å². The number of hydrogen-bond acceptors (Lipinski definition) is 4. The predicted octanol–water partition coefficient (Wildman–Crippen LogP) is 2.86. The van der Waals surface area contributed by atoms with Crippen LogP contribution >= 0.6 is 0 Å². The van der Waals surface area contributed by atoms with Crippen molar-refractivity contribution >= 4 is 11.4 Å². The van der Waals surface area contributed by atoms with Crippen LogP contribution in [0.2, 0.25) is 0 Å². The second-order valence-electron chi connectivity index (χ2n) is 4.57. The lowest BCUT2D eigenvalue weighted by molar-refractivity contribution is -0.384. The van der Waals surface area contributed by atoms with Gasteiger partial charge in [0.25, 0.3) is 5.69 Å². The molecule has 0 radical (unpaired) electrons. The summed E-state index contributed by atoms with van der Waals surface area (Å²) in [4.78, 5) is 11.0. The van der Waals surface area contributed by atoms with Gasteiger partial charge >= 0.3 is 6.18 Å². The molecule has 20 heavy (non-hydrogen) atoms. The highest BCUT2D eigenvalue weighted by atomic mass is 19.4. The minimum absolute atomic E-state index is 0.0946. The zero-order chi connectivity index (χ0) is 15.5. The van der Waals surface area contributed by atoms with Gasteiger partial charge in [-0.1, -0.05) is 0 Å². The largest absolute Gasteiger partial charge is 0.405 e. The van der Waals surface area contributed by atoms with E-state index in [4.69, 9.17) is 0 Å². The van der Waals surface area contributed by atoms with Gasteiger partial charge in [-0.15, -0.1) is 0 Å². The number of hydrogen-bond donors (Lipinski definition) is 1. The molecule has 1 aromatic rings. The Labute approximate surface area is 113 Å². The first-order chi connectivity index (χ1) is 9.15. The number of benzene rings is 1. The zero-order valence-corrected chi connectivity index (χ0v) is 11.0. The molecule has 5 nitrogen and oxygen atoms in total. The normalized spacial score (nSPS) is 11.8. The maximum Gasteiger partial charge on any atom is 0.405 e. The zero-order valence-electron chi connectivity index (χ0n) is 11.0. The predicted molar refractivity (Wildman–Crippen MR) is 67.6 cm³/mol. The molecular formula is C12H15F3N2O3. The van der Waals surface area contributed by atoms with Gasteiger partial charge in [0, 0.05) is 29.4 Å². The second kappa shape index (κ2) is 6.08. The minimum atomic E-state index is -4.40. The highest BCUT2D eigenvalue weighted by molar-refractivity contribution is 5.58. The van der Waals surface area contributed by atoms with Crippen molar-refractivity contribution in [1.82, 2.24) is 0 Å². The lowest BCUT2D eigenvalue weighted by Gasteiger charge is -2.31. The molecule has 1 N–H and O–H groups in total. The molecule has 0 fully saturated rings. The summed E-state index contributed by atoms with van der Waals surface area (Å²) in [6.45, 7) is 1.40. The average molecular weight is 292 g/mol. The summed E-state index contributed by atoms with van der Waals surface area (Å²) < 4.78 is 37.7. The fourth-order valence-electron chi connectivity index (χ4n) is 1.83. The van der Waals surface area contributed by atoms with Crippen LogP contribution in [0, 0.1) is 10.1 Å². The number of aliphatic hydroxyl groups excluding tert-OH is 1. The molecule has 8 heteroatoms. The Hall–Kier alpha value is -1.83. The number of rotatable bonds is 5. The molecule has 1 rings (SSSR count). The van der Waals surface area contributed by atoms with Crippen LogP contribution in [0.4, 0.5) is 24.5 Å². The summed E-state index contributed by atoms with van der Waals surface area (Å²) in [6.07, 6.45) is -4.40. The standard InChI is InChI=1S/C12H15F3N2O3/c1-8(2)16(7-12(13,14)15)11-4-3-10(17(19)20)5-9(11)6-18/h3-5,8,18H,6-7H2,1-2H3. The maximum atomic E-state index is 12.6. The van der Waals surface area contributed by atoms with Crippen molar-refractivity contribution in [2.75, 3.05) is 11.4 Å². The maximum absolute atomic E-state index is 12.6. The molecule has 0 spiro atoms. The third kappa shape index (κ3) is 4.09. The van der Waals surface area contributed by atoms with Gasteiger partial charge in [-0.2, -0.15) is 13.2 Å². The lowest BCUT2D eigenvalue weighted by Crippen LogP contribution is -2.39. The number of alkyl halides is 3. The van der Waals surface area contributed by atoms with Crippen molar-refractivity contribution < 1.29 is 23.2 Å². The van der Waals surface area contributed by atoms with Crippen molar-refractivity contribution in [2.24, 2.45) is 0 Å². The molecular weight excluding hydrogens is 277 g/mol. The van der Waals surface area contributed by atoms with E-state index in [0.717, 1.165) is 17.0 Å². The first kappa shape index (κ1) is 16.2. The van der Waals surface area contributed by atoms with Crippen LogP contribution in [0.3, 0.4) is 0 Å². The first-order valence-corrected chi connectivity index (χ1v) is 5.87. The van der Waals surface area contributed by atoms with Gasteiger partial charge in [-0.25, -0.2) is 0 Å². The number of halogens is 3. The summed E-state index contributed by atoms with van der Waals surface area (Å²) >= 11 is 0. The van der Waals surface area contributed by atoms with E-state index in [1.807, 2.05) is 0 Å². The van der Waals surface area contributed by atoms with Crippen LogP contribution in [-0.2, 0) is 6.61 Å². The molecule has 0 aromatic heterocycles. The summed E-state index contributed by atoms with van der Waals surface area (Å²) in [5.74, 6) is 0. The van der Waals surface area contributed by atoms with E-state index in [0.29, 0.717) is 0 Å². The van der Waals surface area contributed by atoms with Gasteiger partial charge in [0.05, 0.1) is 11.5 Å². The quantitative estimate of drug-likeness (QED) is 0.669. The molecule has 112 valence electrons. The first-order valence-electron chi connectivity index (χ1n) is 5.87. The lowest BCUT2D eigenvalue weighted by atomic mass is 10.1. The van der Waals surface area contributed by atoms with E-state index in [9.17, 15) is 28.4 Å². The average Bonchev–Trinajstić information content (AvgIpc) is 2.33. The fourth-order valence-corrected chi connectivity index (χ4v) is 1.83. The Balaban J connectivity index is 3.23. The summed E-state index contributed by atoms with van der Waals surface area (Å²) in [6, 6.07) is 2.97. The monoisotopic (exact) mass is 292 g/mol. The number of non-ortho nitro benzene ring substituents is 1. The van der Waals surface area contributed by atoms with Crippen LogP contribution in [0.1, 0.15) is 19.4 Å². The van der Waals surface area contributed by atoms with Gasteiger partial charge in [0.15, 0.2) is 0 Å². The second-order valence-corrected chi connectivity index (χ2v) is 4.57. The van der Waals surface area contributed by atoms with Crippen molar-refractivity contribution in [3.05, 3.63) is 33.9 Å². The molecule has 1 aromatic carbocycles. The molecule has 0 unspecified atom stereocenters. The fraction of sp³-hybridized carbons (Fsp3) is 0.500. The molecule has 0 saturated carbocycles. The molecule has 0 heterocycles. The smallest absolute Gasteiger partial charge is 0.392 e. The van der Waals surface area contributed by atoms with E-state index >= 15 is 0 Å². The van der Waals surface area contributed by atoms with Crippen LogP contribution in [0.15, 0.2) is 18.2 Å². The van der Waals surface area contributed by atoms with Crippen LogP contribution in [0.5, 0.6) is 0 Å². The Kier molecular flexibility index (Phi) is 4.93. The van der Waals surface area contributed by atoms with Crippen molar-refractivity contribution in [3.8, 4) is 0 Å². The van der Waals surface area contributed by atoms with Crippen molar-refractivity contribution in [2.45, 2.75) is 32.7 Å². The molecule has 0 amide bonds. The van der Waals surface area contributed by atoms with Crippen LogP contribution < -0.4 is 4.90 Å². The minimum Gasteiger partial charge on any atom is -0.392 e. The SMILES string of the molecule is CC(C)N(CC(F)(F)F)c1ccc([N+](=O)[O-])cc1CO. The highest BCUT2D eigenvalue weighted by Crippen LogP contribution is 2.30. The number of anilines is 1. The number of nitrogens with zero attached hydrogens (tertiary/aromatic N) is 2. The van der Waals surface area contributed by atoms with E-state index < -0.39 is 30.3 Å². The third-order valence-corrected chi connectivity index (χ3v) is 2.73. The number of nitro benzene ring substituents is 1. The Morgan fingerprint density at radius 1 is 1.40 bits per heavy atom. The van der Waals surface area contributed by atoms with Crippen LogP contribution in [-0.4, -0.2) is 28.8 Å². The molecule has 0 saturated heterocycles. The summed E-state index contributed by atoms with van der Waals surface area (Å²) in [7, 11) is 0. The van der Waals surface area contributed by atoms with Gasteiger partial charge in [-0.3, -0.25) is 10.1 Å². The van der Waals surface area contributed by atoms with E-state index in [1.165, 1.54) is 6.07 Å². The van der Waals surface area contributed by atoms with Gasteiger partial charge < -0.3 is 10.0 Å². The third-order valence-electron chi connectivity index (χ3n) is 2.73. The van der Waals surface area contributed by atoms with Gasteiger partial charge in [0.2, 0.25) is 0 Å². The molecule has 0 bridgehead atoms. The summed E-state index contributed by atoms with van der Waals surface area (Å²) in [5, 5.41) is 19.9. The number of aliphatic hydroxyl groups is 1. The van der Waals surface area contributed by atoms with Crippen molar-refractivity contribution in [3.63, 3.8) is 0 Å². The Morgan fingerprint density at radius 3 is 2.40 bits per heavy atom.